The van der Waals surface area contributed by atoms with E-state index < -0.39 is 10.0 Å². The molecule has 0 aliphatic rings. The van der Waals surface area contributed by atoms with E-state index in [0.717, 1.165) is 6.42 Å². The summed E-state index contributed by atoms with van der Waals surface area (Å²) in [5, 5.41) is 2.60. The minimum absolute atomic E-state index is 0.0210. The van der Waals surface area contributed by atoms with Gasteiger partial charge in [-0.2, -0.15) is 0 Å². The minimum atomic E-state index is -3.80. The first-order valence-corrected chi connectivity index (χ1v) is 9.08. The summed E-state index contributed by atoms with van der Waals surface area (Å²) in [6, 6.07) is 4.35. The number of amides is 1. The van der Waals surface area contributed by atoms with Crippen LogP contribution in [0.5, 0.6) is 11.5 Å². The summed E-state index contributed by atoms with van der Waals surface area (Å²) in [6.07, 6.45) is 0.787. The number of carbonyl (C=O) groups excluding carboxylic acids is 1. The maximum Gasteiger partial charge on any atom is 0.241 e. The van der Waals surface area contributed by atoms with Gasteiger partial charge in [-0.3, -0.25) is 4.79 Å². The van der Waals surface area contributed by atoms with E-state index in [1.54, 1.807) is 13.0 Å². The highest BCUT2D eigenvalue weighted by atomic mass is 32.2. The summed E-state index contributed by atoms with van der Waals surface area (Å²) in [6.45, 7) is 6.58. The van der Waals surface area contributed by atoms with Gasteiger partial charge in [0.25, 0.3) is 0 Å². The van der Waals surface area contributed by atoms with E-state index in [1.165, 1.54) is 12.1 Å². The van der Waals surface area contributed by atoms with E-state index in [9.17, 15) is 13.2 Å². The van der Waals surface area contributed by atoms with Crippen molar-refractivity contribution in [3.63, 3.8) is 0 Å². The van der Waals surface area contributed by atoms with Crippen LogP contribution in [-0.4, -0.2) is 40.6 Å². The summed E-state index contributed by atoms with van der Waals surface area (Å²) >= 11 is 0. The fraction of sp³-hybridized carbons (Fsp3) is 0.533. The van der Waals surface area contributed by atoms with Crippen molar-refractivity contribution in [1.82, 2.24) is 10.0 Å². The molecule has 0 aromatic heterocycles. The molecule has 1 rings (SSSR count). The van der Waals surface area contributed by atoms with Gasteiger partial charge in [-0.05, 0) is 32.4 Å². The molecular weight excluding hydrogens is 320 g/mol. The third-order valence-electron chi connectivity index (χ3n) is 2.82. The van der Waals surface area contributed by atoms with Crippen molar-refractivity contribution >= 4 is 15.9 Å². The molecule has 8 heteroatoms. The lowest BCUT2D eigenvalue weighted by Gasteiger charge is -2.13. The Balaban J connectivity index is 2.86. The van der Waals surface area contributed by atoms with Crippen molar-refractivity contribution in [3.8, 4) is 11.5 Å². The van der Waals surface area contributed by atoms with Crippen molar-refractivity contribution < 1.29 is 22.7 Å². The second-order valence-electron chi connectivity index (χ2n) is 4.65. The maximum atomic E-state index is 12.2. The van der Waals surface area contributed by atoms with Gasteiger partial charge in [0.2, 0.25) is 15.9 Å². The summed E-state index contributed by atoms with van der Waals surface area (Å²) in [5.74, 6) is 0.466. The molecule has 1 aromatic carbocycles. The molecule has 0 spiro atoms. The number of ether oxygens (including phenoxy) is 2. The Bertz CT molecular complexity index is 616. The molecule has 0 heterocycles. The molecular formula is C15H24N2O5S. The Kier molecular flexibility index (Phi) is 7.84. The maximum absolute atomic E-state index is 12.2. The van der Waals surface area contributed by atoms with Gasteiger partial charge in [-0.1, -0.05) is 6.92 Å². The van der Waals surface area contributed by atoms with Crippen molar-refractivity contribution in [3.05, 3.63) is 18.2 Å². The largest absolute Gasteiger partial charge is 0.490 e. The molecule has 0 aliphatic carbocycles. The van der Waals surface area contributed by atoms with Gasteiger partial charge in [0.05, 0.1) is 24.7 Å². The molecule has 1 aromatic rings. The van der Waals surface area contributed by atoms with Crippen LogP contribution in [0.25, 0.3) is 0 Å². The highest BCUT2D eigenvalue weighted by Crippen LogP contribution is 2.30. The quantitative estimate of drug-likeness (QED) is 0.667. The predicted molar refractivity (Wildman–Crippen MR) is 87.3 cm³/mol. The smallest absolute Gasteiger partial charge is 0.241 e. The monoisotopic (exact) mass is 344 g/mol. The van der Waals surface area contributed by atoms with E-state index in [-0.39, 0.29) is 17.3 Å². The average molecular weight is 344 g/mol. The summed E-state index contributed by atoms with van der Waals surface area (Å²) in [4.78, 5) is 11.5. The number of nitrogens with one attached hydrogen (secondary N) is 2. The fourth-order valence-electron chi connectivity index (χ4n) is 1.77. The number of carbonyl (C=O) groups is 1. The molecule has 0 atom stereocenters. The lowest BCUT2D eigenvalue weighted by molar-refractivity contribution is -0.119. The van der Waals surface area contributed by atoms with Gasteiger partial charge >= 0.3 is 0 Å². The Morgan fingerprint density at radius 3 is 2.35 bits per heavy atom. The first-order chi connectivity index (χ1) is 10.9. The predicted octanol–water partition coefficient (Wildman–Crippen LogP) is 1.29. The minimum Gasteiger partial charge on any atom is -0.490 e. The van der Waals surface area contributed by atoms with Gasteiger partial charge in [0.1, 0.15) is 0 Å². The van der Waals surface area contributed by atoms with Gasteiger partial charge < -0.3 is 14.8 Å². The van der Waals surface area contributed by atoms with Gasteiger partial charge in [-0.15, -0.1) is 0 Å². The summed E-state index contributed by atoms with van der Waals surface area (Å²) in [7, 11) is -3.80. The molecule has 0 aliphatic heterocycles. The first-order valence-electron chi connectivity index (χ1n) is 7.60. The third kappa shape index (κ3) is 6.07. The number of rotatable bonds is 10. The second-order valence-corrected chi connectivity index (χ2v) is 6.42. The number of sulfonamides is 1. The molecule has 1 amide bonds. The van der Waals surface area contributed by atoms with E-state index >= 15 is 0 Å². The molecule has 130 valence electrons. The SMILES string of the molecule is CCCNC(=O)CNS(=O)(=O)c1ccc(OCC)c(OCC)c1. The van der Waals surface area contributed by atoms with Crippen LogP contribution >= 0.6 is 0 Å². The van der Waals surface area contributed by atoms with E-state index in [4.69, 9.17) is 9.47 Å². The Hall–Kier alpha value is -1.80. The van der Waals surface area contributed by atoms with Crippen LogP contribution < -0.4 is 19.5 Å². The van der Waals surface area contributed by atoms with Crippen molar-refractivity contribution in [2.75, 3.05) is 26.3 Å². The van der Waals surface area contributed by atoms with E-state index in [2.05, 4.69) is 10.0 Å². The molecule has 0 unspecified atom stereocenters. The van der Waals surface area contributed by atoms with E-state index in [1.807, 2.05) is 13.8 Å². The summed E-state index contributed by atoms with van der Waals surface area (Å²) in [5.41, 5.74) is 0. The molecule has 0 saturated carbocycles. The Morgan fingerprint density at radius 2 is 1.74 bits per heavy atom. The first kappa shape index (κ1) is 19.2. The lowest BCUT2D eigenvalue weighted by atomic mass is 10.3. The normalized spacial score (nSPS) is 11.1. The van der Waals surface area contributed by atoms with E-state index in [0.29, 0.717) is 31.3 Å². The van der Waals surface area contributed by atoms with Crippen molar-refractivity contribution in [1.29, 1.82) is 0 Å². The van der Waals surface area contributed by atoms with Crippen LogP contribution in [0.15, 0.2) is 23.1 Å². The molecule has 0 saturated heterocycles. The Labute approximate surface area is 137 Å². The Morgan fingerprint density at radius 1 is 1.09 bits per heavy atom. The zero-order valence-electron chi connectivity index (χ0n) is 13.7. The second kappa shape index (κ2) is 9.36. The molecule has 23 heavy (non-hydrogen) atoms. The van der Waals surface area contributed by atoms with Crippen LogP contribution in [0.2, 0.25) is 0 Å². The third-order valence-corrected chi connectivity index (χ3v) is 4.22. The molecule has 0 radical (unpaired) electrons. The highest BCUT2D eigenvalue weighted by molar-refractivity contribution is 7.89. The number of hydrogen-bond donors (Lipinski definition) is 2. The summed E-state index contributed by atoms with van der Waals surface area (Å²) < 4.78 is 37.6. The zero-order chi connectivity index (χ0) is 17.3. The van der Waals surface area contributed by atoms with Crippen molar-refractivity contribution in [2.45, 2.75) is 32.1 Å². The van der Waals surface area contributed by atoms with Gasteiger partial charge in [0, 0.05) is 12.6 Å². The van der Waals surface area contributed by atoms with Crippen molar-refractivity contribution in [2.24, 2.45) is 0 Å². The van der Waals surface area contributed by atoms with Gasteiger partial charge in [-0.25, -0.2) is 13.1 Å². The van der Waals surface area contributed by atoms with Gasteiger partial charge in [0.15, 0.2) is 11.5 Å². The van der Waals surface area contributed by atoms with Crippen LogP contribution in [-0.2, 0) is 14.8 Å². The lowest BCUT2D eigenvalue weighted by Crippen LogP contribution is -2.37. The van der Waals surface area contributed by atoms with Crippen LogP contribution in [0.3, 0.4) is 0 Å². The number of benzene rings is 1. The molecule has 0 fully saturated rings. The zero-order valence-corrected chi connectivity index (χ0v) is 14.5. The van der Waals surface area contributed by atoms with Crippen LogP contribution in [0.4, 0.5) is 0 Å². The fourth-order valence-corrected chi connectivity index (χ4v) is 2.77. The molecule has 0 bridgehead atoms. The molecule has 7 nitrogen and oxygen atoms in total. The molecule has 2 N–H and O–H groups in total. The standard InChI is InChI=1S/C15H24N2O5S/c1-4-9-16-15(18)11-17-23(19,20)12-7-8-13(21-5-2)14(10-12)22-6-3/h7-8,10,17H,4-6,9,11H2,1-3H3,(H,16,18). The average Bonchev–Trinajstić information content (AvgIpc) is 2.53. The van der Waals surface area contributed by atoms with Crippen LogP contribution in [0.1, 0.15) is 27.2 Å². The van der Waals surface area contributed by atoms with Crippen LogP contribution in [0, 0.1) is 0 Å². The number of hydrogen-bond acceptors (Lipinski definition) is 5. The highest BCUT2D eigenvalue weighted by Gasteiger charge is 2.18. The topological polar surface area (TPSA) is 93.7 Å².